The van der Waals surface area contributed by atoms with Crippen molar-refractivity contribution in [2.45, 2.75) is 43.4 Å². The van der Waals surface area contributed by atoms with Crippen LogP contribution in [0.3, 0.4) is 0 Å². The highest BCUT2D eigenvalue weighted by Gasteiger charge is 2.34. The molecule has 2 aromatic rings. The molecule has 2 aliphatic rings. The van der Waals surface area contributed by atoms with Crippen molar-refractivity contribution in [3.63, 3.8) is 0 Å². The second-order valence-corrected chi connectivity index (χ2v) is 7.78. The van der Waals surface area contributed by atoms with Gasteiger partial charge in [-0.15, -0.1) is 0 Å². The fourth-order valence-corrected chi connectivity index (χ4v) is 4.51. The first kappa shape index (κ1) is 17.0. The zero-order valence-corrected chi connectivity index (χ0v) is 15.1. The smallest absolute Gasteiger partial charge is 0.161 e. The molecule has 0 bridgehead atoms. The van der Waals surface area contributed by atoms with Crippen molar-refractivity contribution in [3.8, 4) is 5.69 Å². The van der Waals surface area contributed by atoms with Gasteiger partial charge in [0.25, 0.3) is 0 Å². The Morgan fingerprint density at radius 3 is 2.72 bits per heavy atom. The molecular weight excluding hydrogens is 342 g/mol. The minimum absolute atomic E-state index is 0.286. The summed E-state index contributed by atoms with van der Waals surface area (Å²) in [6, 6.07) is 4.15. The van der Waals surface area contributed by atoms with Gasteiger partial charge in [-0.1, -0.05) is 0 Å². The van der Waals surface area contributed by atoms with Crippen LogP contribution in [0, 0.1) is 11.6 Å². The molecule has 2 atom stereocenters. The van der Waals surface area contributed by atoms with Gasteiger partial charge in [0.15, 0.2) is 5.82 Å². The average Bonchev–Trinajstić information content (AvgIpc) is 3.20. The van der Waals surface area contributed by atoms with Gasteiger partial charge in [0.05, 0.1) is 11.4 Å². The number of hydrogen-bond donors (Lipinski definition) is 0. The van der Waals surface area contributed by atoms with Crippen LogP contribution in [0.15, 0.2) is 18.2 Å². The summed E-state index contributed by atoms with van der Waals surface area (Å²) < 4.78 is 29.1. The second-order valence-electron chi connectivity index (χ2n) is 6.91. The highest BCUT2D eigenvalue weighted by atomic mass is 32.2. The van der Waals surface area contributed by atoms with Crippen molar-refractivity contribution in [1.29, 1.82) is 0 Å². The van der Waals surface area contributed by atoms with Gasteiger partial charge in [-0.2, -0.15) is 16.9 Å². The fourth-order valence-electron chi connectivity index (χ4n) is 4.13. The van der Waals surface area contributed by atoms with Crippen LogP contribution < -0.4 is 0 Å². The van der Waals surface area contributed by atoms with Crippen molar-refractivity contribution >= 4 is 11.8 Å². The van der Waals surface area contributed by atoms with Crippen LogP contribution in [0.5, 0.6) is 0 Å². The number of fused-ring (bicyclic) bond motifs is 1. The van der Waals surface area contributed by atoms with Crippen molar-refractivity contribution in [2.24, 2.45) is 0 Å². The SMILES string of the molecule is CSCc1nc(C2CCN3CCCC3C2)n(-c2cc(F)cc(F)c2)n1. The number of rotatable bonds is 4. The molecule has 1 aromatic heterocycles. The van der Waals surface area contributed by atoms with Crippen molar-refractivity contribution < 1.29 is 8.78 Å². The molecule has 7 heteroatoms. The van der Waals surface area contributed by atoms with E-state index < -0.39 is 11.6 Å². The average molecular weight is 364 g/mol. The minimum atomic E-state index is -0.589. The third-order valence-electron chi connectivity index (χ3n) is 5.23. The Hall–Kier alpha value is -1.47. The lowest BCUT2D eigenvalue weighted by Gasteiger charge is -2.34. The summed E-state index contributed by atoms with van der Waals surface area (Å²) in [5.74, 6) is 1.37. The van der Waals surface area contributed by atoms with E-state index in [1.165, 1.54) is 31.5 Å². The molecule has 2 saturated heterocycles. The van der Waals surface area contributed by atoms with Crippen LogP contribution in [0.4, 0.5) is 8.78 Å². The zero-order chi connectivity index (χ0) is 17.4. The number of hydrogen-bond acceptors (Lipinski definition) is 4. The lowest BCUT2D eigenvalue weighted by atomic mass is 9.90. The summed E-state index contributed by atoms with van der Waals surface area (Å²) in [5.41, 5.74) is 0.418. The van der Waals surface area contributed by atoms with Gasteiger partial charge in [0, 0.05) is 18.0 Å². The van der Waals surface area contributed by atoms with E-state index in [1.807, 2.05) is 6.26 Å². The zero-order valence-electron chi connectivity index (χ0n) is 14.3. The van der Waals surface area contributed by atoms with Gasteiger partial charge in [0.2, 0.25) is 0 Å². The van der Waals surface area contributed by atoms with Gasteiger partial charge in [0.1, 0.15) is 17.5 Å². The molecule has 0 aliphatic carbocycles. The molecule has 2 aliphatic heterocycles. The molecular formula is C18H22F2N4S. The van der Waals surface area contributed by atoms with Gasteiger partial charge in [-0.25, -0.2) is 18.4 Å². The maximum absolute atomic E-state index is 13.7. The van der Waals surface area contributed by atoms with Crippen molar-refractivity contribution in [3.05, 3.63) is 41.5 Å². The first-order valence-electron chi connectivity index (χ1n) is 8.79. The number of nitrogens with zero attached hydrogens (tertiary/aromatic N) is 4. The quantitative estimate of drug-likeness (QED) is 0.827. The topological polar surface area (TPSA) is 34.0 Å². The standard InChI is InChI=1S/C18H22F2N4S/c1-25-11-17-21-18(12-4-6-23-5-2-3-15(23)7-12)24(22-17)16-9-13(19)8-14(20)10-16/h8-10,12,15H,2-7,11H2,1H3. The molecule has 3 heterocycles. The summed E-state index contributed by atoms with van der Waals surface area (Å²) in [4.78, 5) is 7.30. The van der Waals surface area contributed by atoms with E-state index in [-0.39, 0.29) is 5.92 Å². The molecule has 1 aromatic carbocycles. The van der Waals surface area contributed by atoms with E-state index in [2.05, 4.69) is 10.00 Å². The van der Waals surface area contributed by atoms with Gasteiger partial charge >= 0.3 is 0 Å². The molecule has 0 spiro atoms. The van der Waals surface area contributed by atoms with E-state index in [9.17, 15) is 8.78 Å². The molecule has 25 heavy (non-hydrogen) atoms. The van der Waals surface area contributed by atoms with E-state index in [0.29, 0.717) is 17.5 Å². The molecule has 0 amide bonds. The Morgan fingerprint density at radius 2 is 1.96 bits per heavy atom. The summed E-state index contributed by atoms with van der Waals surface area (Å²) in [5, 5.41) is 4.55. The van der Waals surface area contributed by atoms with Crippen LogP contribution in [0.2, 0.25) is 0 Å². The minimum Gasteiger partial charge on any atom is -0.300 e. The molecule has 134 valence electrons. The second kappa shape index (κ2) is 7.03. The van der Waals surface area contributed by atoms with Crippen LogP contribution in [-0.4, -0.2) is 45.1 Å². The Labute approximate surface area is 150 Å². The number of aromatic nitrogens is 3. The van der Waals surface area contributed by atoms with Crippen molar-refractivity contribution in [2.75, 3.05) is 19.3 Å². The van der Waals surface area contributed by atoms with Gasteiger partial charge < -0.3 is 4.90 Å². The largest absolute Gasteiger partial charge is 0.300 e. The highest BCUT2D eigenvalue weighted by molar-refractivity contribution is 7.97. The first-order chi connectivity index (χ1) is 12.1. The first-order valence-corrected chi connectivity index (χ1v) is 10.2. The number of piperidine rings is 1. The summed E-state index contributed by atoms with van der Waals surface area (Å²) in [6.07, 6.45) is 6.56. The van der Waals surface area contributed by atoms with E-state index >= 15 is 0 Å². The highest BCUT2D eigenvalue weighted by Crippen LogP contribution is 2.36. The van der Waals surface area contributed by atoms with E-state index in [4.69, 9.17) is 4.98 Å². The lowest BCUT2D eigenvalue weighted by Crippen LogP contribution is -2.37. The normalized spacial score (nSPS) is 23.8. The summed E-state index contributed by atoms with van der Waals surface area (Å²) in [6.45, 7) is 2.26. The third-order valence-corrected chi connectivity index (χ3v) is 5.77. The van der Waals surface area contributed by atoms with Crippen LogP contribution in [0.1, 0.15) is 43.3 Å². The lowest BCUT2D eigenvalue weighted by molar-refractivity contribution is 0.177. The Balaban J connectivity index is 1.70. The fraction of sp³-hybridized carbons (Fsp3) is 0.556. The Kier molecular flexibility index (Phi) is 4.78. The summed E-state index contributed by atoms with van der Waals surface area (Å²) >= 11 is 1.65. The Morgan fingerprint density at radius 1 is 1.16 bits per heavy atom. The van der Waals surface area contributed by atoms with Gasteiger partial charge in [-0.05, 0) is 57.2 Å². The molecule has 2 fully saturated rings. The number of benzene rings is 1. The predicted octanol–water partition coefficient (Wildman–Crippen LogP) is 3.75. The van der Waals surface area contributed by atoms with E-state index in [1.54, 1.807) is 16.4 Å². The van der Waals surface area contributed by atoms with Crippen LogP contribution >= 0.6 is 11.8 Å². The Bertz CT molecular complexity index is 743. The molecule has 0 radical (unpaired) electrons. The van der Waals surface area contributed by atoms with E-state index in [0.717, 1.165) is 37.1 Å². The monoisotopic (exact) mass is 364 g/mol. The predicted molar refractivity (Wildman–Crippen MR) is 95.1 cm³/mol. The van der Waals surface area contributed by atoms with Crippen molar-refractivity contribution in [1.82, 2.24) is 19.7 Å². The molecule has 4 nitrogen and oxygen atoms in total. The van der Waals surface area contributed by atoms with Crippen LogP contribution in [-0.2, 0) is 5.75 Å². The third kappa shape index (κ3) is 3.44. The maximum atomic E-state index is 13.7. The van der Waals surface area contributed by atoms with Crippen LogP contribution in [0.25, 0.3) is 5.69 Å². The summed E-state index contributed by atoms with van der Waals surface area (Å²) in [7, 11) is 0. The number of thioether (sulfide) groups is 1. The molecule has 0 N–H and O–H groups in total. The molecule has 2 unspecified atom stereocenters. The molecule has 4 rings (SSSR count). The number of halogens is 2. The van der Waals surface area contributed by atoms with Gasteiger partial charge in [-0.3, -0.25) is 0 Å². The molecule has 0 saturated carbocycles. The maximum Gasteiger partial charge on any atom is 0.161 e.